The van der Waals surface area contributed by atoms with Crippen molar-refractivity contribution in [3.63, 3.8) is 0 Å². The Bertz CT molecular complexity index is 489. The Morgan fingerprint density at radius 1 is 1.45 bits per heavy atom. The number of aliphatic hydroxyl groups excluding tert-OH is 1. The number of pyridine rings is 1. The van der Waals surface area contributed by atoms with Crippen LogP contribution in [0.4, 0.5) is 17.6 Å². The number of rotatable bonds is 2. The number of hydrogen-bond acceptors (Lipinski definition) is 3. The summed E-state index contributed by atoms with van der Waals surface area (Å²) >= 11 is 0. The maximum Gasteiger partial charge on any atom is 0.417 e. The molecule has 4 nitrogen and oxygen atoms in total. The summed E-state index contributed by atoms with van der Waals surface area (Å²) in [5.41, 5.74) is -1.16. The van der Waals surface area contributed by atoms with Gasteiger partial charge in [-0.3, -0.25) is 9.78 Å². The van der Waals surface area contributed by atoms with Gasteiger partial charge in [-0.15, -0.1) is 0 Å². The molecular weight excluding hydrogens is 280 g/mol. The van der Waals surface area contributed by atoms with Gasteiger partial charge in [-0.05, 0) is 12.1 Å². The highest BCUT2D eigenvalue weighted by Gasteiger charge is 2.36. The molecule has 2 atom stereocenters. The largest absolute Gasteiger partial charge is 0.417 e. The van der Waals surface area contributed by atoms with E-state index in [-0.39, 0.29) is 18.7 Å². The van der Waals surface area contributed by atoms with Gasteiger partial charge in [0.25, 0.3) is 5.91 Å². The molecule has 0 unspecified atom stereocenters. The van der Waals surface area contributed by atoms with Gasteiger partial charge in [0.2, 0.25) is 0 Å². The zero-order valence-corrected chi connectivity index (χ0v) is 10.3. The predicted molar refractivity (Wildman–Crippen MR) is 60.7 cm³/mol. The lowest BCUT2D eigenvalue weighted by Crippen LogP contribution is -2.38. The molecule has 2 heterocycles. The molecular formula is C12H12F4N2O2. The molecule has 110 valence electrons. The Morgan fingerprint density at radius 3 is 2.65 bits per heavy atom. The maximum absolute atomic E-state index is 13.2. The van der Waals surface area contributed by atoms with Crippen LogP contribution in [0.2, 0.25) is 0 Å². The summed E-state index contributed by atoms with van der Waals surface area (Å²) in [6.45, 7) is -0.584. The van der Waals surface area contributed by atoms with E-state index in [0.29, 0.717) is 6.20 Å². The van der Waals surface area contributed by atoms with Crippen LogP contribution in [0.15, 0.2) is 18.3 Å². The fourth-order valence-corrected chi connectivity index (χ4v) is 2.12. The van der Waals surface area contributed by atoms with Crippen molar-refractivity contribution in [3.05, 3.63) is 29.6 Å². The highest BCUT2D eigenvalue weighted by Crippen LogP contribution is 2.29. The second-order valence-electron chi connectivity index (χ2n) is 4.56. The highest BCUT2D eigenvalue weighted by molar-refractivity contribution is 5.92. The molecule has 1 aromatic rings. The molecule has 0 radical (unpaired) electrons. The Kier molecular flexibility index (Phi) is 3.94. The molecule has 20 heavy (non-hydrogen) atoms. The smallest absolute Gasteiger partial charge is 0.394 e. The first kappa shape index (κ1) is 14.7. The minimum absolute atomic E-state index is 0.0167. The fraction of sp³-hybridized carbons (Fsp3) is 0.500. The van der Waals surface area contributed by atoms with E-state index in [2.05, 4.69) is 4.98 Å². The average Bonchev–Trinajstić information content (AvgIpc) is 2.78. The number of aromatic nitrogens is 1. The van der Waals surface area contributed by atoms with Crippen LogP contribution >= 0.6 is 0 Å². The molecule has 0 saturated carbocycles. The van der Waals surface area contributed by atoms with Gasteiger partial charge in [0.05, 0.1) is 24.8 Å². The number of hydrogen-bond donors (Lipinski definition) is 1. The van der Waals surface area contributed by atoms with Crippen molar-refractivity contribution in [2.45, 2.75) is 24.8 Å². The third-order valence-electron chi connectivity index (χ3n) is 3.14. The Morgan fingerprint density at radius 2 is 2.15 bits per heavy atom. The molecule has 2 rings (SSSR count). The number of nitrogens with zero attached hydrogens (tertiary/aromatic N) is 2. The van der Waals surface area contributed by atoms with Gasteiger partial charge in [-0.25, -0.2) is 4.39 Å². The van der Waals surface area contributed by atoms with Gasteiger partial charge in [-0.1, -0.05) is 0 Å². The van der Waals surface area contributed by atoms with Crippen LogP contribution in [0.1, 0.15) is 22.5 Å². The van der Waals surface area contributed by atoms with Crippen LogP contribution in [0.25, 0.3) is 0 Å². The second-order valence-corrected chi connectivity index (χ2v) is 4.56. The molecule has 0 spiro atoms. The Balaban J connectivity index is 2.17. The first-order valence-electron chi connectivity index (χ1n) is 5.92. The number of carbonyl (C=O) groups excluding carboxylic acids is 1. The normalized spacial score (nSPS) is 23.1. The lowest BCUT2D eigenvalue weighted by Gasteiger charge is -2.22. The molecule has 8 heteroatoms. The first-order chi connectivity index (χ1) is 9.32. The van der Waals surface area contributed by atoms with Crippen molar-refractivity contribution < 1.29 is 27.5 Å². The van der Waals surface area contributed by atoms with E-state index in [1.807, 2.05) is 0 Å². The summed E-state index contributed by atoms with van der Waals surface area (Å²) in [4.78, 5) is 16.6. The topological polar surface area (TPSA) is 53.4 Å². The first-order valence-corrected chi connectivity index (χ1v) is 5.92. The Labute approximate surface area is 112 Å². The van der Waals surface area contributed by atoms with E-state index >= 15 is 0 Å². The number of halogens is 4. The lowest BCUT2D eigenvalue weighted by atomic mass is 10.2. The zero-order chi connectivity index (χ0) is 14.9. The van der Waals surface area contributed by atoms with Crippen molar-refractivity contribution in [2.75, 3.05) is 13.2 Å². The molecule has 0 bridgehead atoms. The van der Waals surface area contributed by atoms with Crippen molar-refractivity contribution in [1.82, 2.24) is 9.88 Å². The van der Waals surface area contributed by atoms with E-state index in [1.54, 1.807) is 0 Å². The van der Waals surface area contributed by atoms with Gasteiger partial charge in [0, 0.05) is 12.6 Å². The average molecular weight is 292 g/mol. The molecule has 1 aromatic heterocycles. The summed E-state index contributed by atoms with van der Waals surface area (Å²) in [5.74, 6) is -0.682. The van der Waals surface area contributed by atoms with Crippen molar-refractivity contribution in [2.24, 2.45) is 0 Å². The number of aliphatic hydroxyl groups is 1. The minimum atomic E-state index is -4.53. The van der Waals surface area contributed by atoms with Crippen molar-refractivity contribution in [1.29, 1.82) is 0 Å². The number of alkyl halides is 4. The number of carbonyl (C=O) groups is 1. The summed E-state index contributed by atoms with van der Waals surface area (Å²) < 4.78 is 50.3. The van der Waals surface area contributed by atoms with Crippen molar-refractivity contribution in [3.8, 4) is 0 Å². The number of likely N-dealkylation sites (tertiary alicyclic amines) is 1. The molecule has 1 fully saturated rings. The van der Waals surface area contributed by atoms with Crippen LogP contribution in [-0.2, 0) is 6.18 Å². The van der Waals surface area contributed by atoms with E-state index < -0.39 is 36.5 Å². The fourth-order valence-electron chi connectivity index (χ4n) is 2.12. The Hall–Kier alpha value is -1.70. The quantitative estimate of drug-likeness (QED) is 0.843. The third kappa shape index (κ3) is 2.90. The van der Waals surface area contributed by atoms with E-state index in [4.69, 9.17) is 5.11 Å². The molecule has 1 aliphatic heterocycles. The molecule has 1 saturated heterocycles. The van der Waals surface area contributed by atoms with Gasteiger partial charge in [-0.2, -0.15) is 13.2 Å². The van der Waals surface area contributed by atoms with Gasteiger partial charge in [0.1, 0.15) is 11.9 Å². The van der Waals surface area contributed by atoms with Gasteiger partial charge in [0.15, 0.2) is 0 Å². The predicted octanol–water partition coefficient (Wildman–Crippen LogP) is 1.65. The summed E-state index contributed by atoms with van der Waals surface area (Å²) in [6.07, 6.45) is -5.20. The van der Waals surface area contributed by atoms with E-state index in [9.17, 15) is 22.4 Å². The zero-order valence-electron chi connectivity index (χ0n) is 10.3. The number of amides is 1. The molecule has 1 amide bonds. The van der Waals surface area contributed by atoms with Crippen LogP contribution < -0.4 is 0 Å². The van der Waals surface area contributed by atoms with Crippen LogP contribution in [0.3, 0.4) is 0 Å². The highest BCUT2D eigenvalue weighted by atomic mass is 19.4. The minimum Gasteiger partial charge on any atom is -0.394 e. The van der Waals surface area contributed by atoms with E-state index in [1.165, 1.54) is 0 Å². The van der Waals surface area contributed by atoms with Gasteiger partial charge >= 0.3 is 6.18 Å². The molecule has 0 aromatic carbocycles. The monoisotopic (exact) mass is 292 g/mol. The molecule has 1 aliphatic rings. The molecule has 1 N–H and O–H groups in total. The second kappa shape index (κ2) is 5.35. The van der Waals surface area contributed by atoms with E-state index in [0.717, 1.165) is 17.0 Å². The lowest BCUT2D eigenvalue weighted by molar-refractivity contribution is -0.137. The van der Waals surface area contributed by atoms with Crippen LogP contribution in [0.5, 0.6) is 0 Å². The van der Waals surface area contributed by atoms with Crippen LogP contribution in [-0.4, -0.2) is 46.3 Å². The maximum atomic E-state index is 13.2. The standard InChI is InChI=1S/C12H12F4N2O2/c13-8-3-9(6-19)18(5-8)11(20)10-2-1-7(4-17-10)12(14,15)16/h1-2,4,8-9,19H,3,5-6H2/t8-,9-/m0/s1. The third-order valence-corrected chi connectivity index (χ3v) is 3.14. The SMILES string of the molecule is O=C(c1ccc(C(F)(F)F)cn1)N1C[C@@H](F)C[C@H]1CO. The molecule has 0 aliphatic carbocycles. The van der Waals surface area contributed by atoms with Crippen LogP contribution in [0, 0.1) is 0 Å². The summed E-state index contributed by atoms with van der Waals surface area (Å²) in [7, 11) is 0. The summed E-state index contributed by atoms with van der Waals surface area (Å²) in [5, 5.41) is 9.07. The summed E-state index contributed by atoms with van der Waals surface area (Å²) in [6, 6.07) is 1.03. The van der Waals surface area contributed by atoms with Crippen molar-refractivity contribution >= 4 is 5.91 Å². The van der Waals surface area contributed by atoms with Gasteiger partial charge < -0.3 is 10.0 Å².